The Balaban J connectivity index is 1.41. The molecule has 148 valence electrons. The molecule has 0 spiro atoms. The molecule has 1 amide bonds. The summed E-state index contributed by atoms with van der Waals surface area (Å²) < 4.78 is 17.3. The van der Waals surface area contributed by atoms with Gasteiger partial charge in [0.25, 0.3) is 0 Å². The van der Waals surface area contributed by atoms with E-state index in [2.05, 4.69) is 31.3 Å². The van der Waals surface area contributed by atoms with Gasteiger partial charge in [-0.3, -0.25) is 4.79 Å². The zero-order valence-electron chi connectivity index (χ0n) is 16.7. The summed E-state index contributed by atoms with van der Waals surface area (Å²) in [5.41, 5.74) is 2.97. The zero-order chi connectivity index (χ0) is 19.7. The van der Waals surface area contributed by atoms with E-state index in [9.17, 15) is 4.79 Å². The Morgan fingerprint density at radius 3 is 2.68 bits per heavy atom. The fraction of sp³-hybridized carbons (Fsp3) is 0.435. The average Bonchev–Trinajstić information content (AvgIpc) is 2.65. The van der Waals surface area contributed by atoms with Crippen LogP contribution in [-0.2, 0) is 11.2 Å². The summed E-state index contributed by atoms with van der Waals surface area (Å²) in [6, 6.07) is 12.0. The SMILES string of the molecule is Cc1ccc2c(c1)OC(C)(C)C[C@H]2NC(=O)CCc1ccc2c(c1)OCCO2. The Bertz CT molecular complexity index is 890. The molecule has 0 bridgehead atoms. The first kappa shape index (κ1) is 18.7. The summed E-state index contributed by atoms with van der Waals surface area (Å²) in [5, 5.41) is 3.21. The molecule has 0 aliphatic carbocycles. The van der Waals surface area contributed by atoms with Crippen molar-refractivity contribution in [2.24, 2.45) is 0 Å². The molecule has 0 fully saturated rings. The van der Waals surface area contributed by atoms with Crippen LogP contribution in [0.2, 0.25) is 0 Å². The van der Waals surface area contributed by atoms with E-state index >= 15 is 0 Å². The fourth-order valence-electron chi connectivity index (χ4n) is 3.86. The second-order valence-corrected chi connectivity index (χ2v) is 8.21. The first-order valence-corrected chi connectivity index (χ1v) is 9.87. The lowest BCUT2D eigenvalue weighted by Crippen LogP contribution is -2.41. The smallest absolute Gasteiger partial charge is 0.220 e. The van der Waals surface area contributed by atoms with Crippen molar-refractivity contribution in [1.29, 1.82) is 0 Å². The van der Waals surface area contributed by atoms with Crippen molar-refractivity contribution < 1.29 is 19.0 Å². The Labute approximate surface area is 166 Å². The van der Waals surface area contributed by atoms with E-state index in [0.717, 1.165) is 40.4 Å². The minimum absolute atomic E-state index is 0.0351. The van der Waals surface area contributed by atoms with Crippen molar-refractivity contribution in [2.45, 2.75) is 51.7 Å². The number of nitrogens with one attached hydrogen (secondary N) is 1. The number of benzene rings is 2. The molecule has 1 atom stereocenters. The van der Waals surface area contributed by atoms with Gasteiger partial charge in [0.1, 0.15) is 24.6 Å². The summed E-state index contributed by atoms with van der Waals surface area (Å²) in [5.74, 6) is 2.45. The molecule has 0 saturated heterocycles. The number of ether oxygens (including phenoxy) is 3. The summed E-state index contributed by atoms with van der Waals surface area (Å²) in [6.45, 7) is 7.32. The van der Waals surface area contributed by atoms with Crippen molar-refractivity contribution in [1.82, 2.24) is 5.32 Å². The predicted molar refractivity (Wildman–Crippen MR) is 107 cm³/mol. The summed E-state index contributed by atoms with van der Waals surface area (Å²) in [6.07, 6.45) is 1.84. The molecule has 28 heavy (non-hydrogen) atoms. The van der Waals surface area contributed by atoms with Crippen LogP contribution >= 0.6 is 0 Å². The van der Waals surface area contributed by atoms with Crippen molar-refractivity contribution in [3.63, 3.8) is 0 Å². The highest BCUT2D eigenvalue weighted by atomic mass is 16.6. The highest BCUT2D eigenvalue weighted by Gasteiger charge is 2.34. The van der Waals surface area contributed by atoms with Crippen molar-refractivity contribution in [3.8, 4) is 17.2 Å². The second kappa shape index (κ2) is 7.38. The van der Waals surface area contributed by atoms with Crippen LogP contribution in [0.1, 0.15) is 49.4 Å². The highest BCUT2D eigenvalue weighted by Crippen LogP contribution is 2.40. The molecule has 0 saturated carbocycles. The number of amides is 1. The second-order valence-electron chi connectivity index (χ2n) is 8.21. The summed E-state index contributed by atoms with van der Waals surface area (Å²) in [4.78, 5) is 12.7. The maximum atomic E-state index is 12.7. The minimum atomic E-state index is -0.311. The van der Waals surface area contributed by atoms with Gasteiger partial charge in [-0.25, -0.2) is 0 Å². The first-order valence-electron chi connectivity index (χ1n) is 9.87. The average molecular weight is 381 g/mol. The predicted octanol–water partition coefficient (Wildman–Crippen LogP) is 4.12. The van der Waals surface area contributed by atoms with Gasteiger partial charge >= 0.3 is 0 Å². The molecule has 0 unspecified atom stereocenters. The topological polar surface area (TPSA) is 56.8 Å². The van der Waals surface area contributed by atoms with E-state index in [0.29, 0.717) is 26.1 Å². The van der Waals surface area contributed by atoms with E-state index in [4.69, 9.17) is 14.2 Å². The number of hydrogen-bond donors (Lipinski definition) is 1. The van der Waals surface area contributed by atoms with E-state index < -0.39 is 0 Å². The quantitative estimate of drug-likeness (QED) is 0.866. The maximum absolute atomic E-state index is 12.7. The third kappa shape index (κ3) is 4.08. The van der Waals surface area contributed by atoms with Gasteiger partial charge in [-0.1, -0.05) is 18.2 Å². The van der Waals surface area contributed by atoms with Gasteiger partial charge in [0.15, 0.2) is 11.5 Å². The number of fused-ring (bicyclic) bond motifs is 2. The van der Waals surface area contributed by atoms with Crippen LogP contribution in [0.3, 0.4) is 0 Å². The van der Waals surface area contributed by atoms with Gasteiger partial charge in [0.2, 0.25) is 5.91 Å². The molecule has 2 heterocycles. The number of aryl methyl sites for hydroxylation is 2. The number of hydrogen-bond acceptors (Lipinski definition) is 4. The minimum Gasteiger partial charge on any atom is -0.487 e. The molecule has 5 nitrogen and oxygen atoms in total. The van der Waals surface area contributed by atoms with Gasteiger partial charge in [-0.15, -0.1) is 0 Å². The largest absolute Gasteiger partial charge is 0.487 e. The van der Waals surface area contributed by atoms with Crippen LogP contribution in [0.15, 0.2) is 36.4 Å². The van der Waals surface area contributed by atoms with Crippen LogP contribution in [0.25, 0.3) is 0 Å². The van der Waals surface area contributed by atoms with E-state index in [1.165, 1.54) is 0 Å². The Morgan fingerprint density at radius 2 is 1.86 bits per heavy atom. The van der Waals surface area contributed by atoms with Crippen molar-refractivity contribution in [2.75, 3.05) is 13.2 Å². The van der Waals surface area contributed by atoms with E-state index in [1.54, 1.807) is 0 Å². The van der Waals surface area contributed by atoms with Crippen LogP contribution in [0.5, 0.6) is 17.2 Å². The van der Waals surface area contributed by atoms with Crippen molar-refractivity contribution in [3.05, 3.63) is 53.1 Å². The molecule has 0 radical (unpaired) electrons. The van der Waals surface area contributed by atoms with Crippen LogP contribution in [0, 0.1) is 6.92 Å². The lowest BCUT2D eigenvalue weighted by Gasteiger charge is -2.38. The summed E-state index contributed by atoms with van der Waals surface area (Å²) in [7, 11) is 0. The van der Waals surface area contributed by atoms with Crippen LogP contribution in [-0.4, -0.2) is 24.7 Å². The third-order valence-electron chi connectivity index (χ3n) is 5.21. The maximum Gasteiger partial charge on any atom is 0.220 e. The summed E-state index contributed by atoms with van der Waals surface area (Å²) >= 11 is 0. The molecule has 2 aliphatic heterocycles. The molecule has 0 aromatic heterocycles. The number of carbonyl (C=O) groups excluding carboxylic acids is 1. The molecule has 4 rings (SSSR count). The molecule has 2 aliphatic rings. The normalized spacial score (nSPS) is 19.3. The Kier molecular flexibility index (Phi) is 4.92. The Morgan fingerprint density at radius 1 is 1.07 bits per heavy atom. The first-order chi connectivity index (χ1) is 13.4. The fourth-order valence-corrected chi connectivity index (χ4v) is 3.86. The number of carbonyl (C=O) groups is 1. The molecular formula is C23H27NO4. The highest BCUT2D eigenvalue weighted by molar-refractivity contribution is 5.77. The van der Waals surface area contributed by atoms with Gasteiger partial charge in [-0.05, 0) is 56.5 Å². The van der Waals surface area contributed by atoms with Gasteiger partial charge < -0.3 is 19.5 Å². The van der Waals surface area contributed by atoms with E-state index in [1.807, 2.05) is 31.2 Å². The van der Waals surface area contributed by atoms with Crippen molar-refractivity contribution >= 4 is 5.91 Å². The van der Waals surface area contributed by atoms with Crippen LogP contribution < -0.4 is 19.5 Å². The lowest BCUT2D eigenvalue weighted by atomic mass is 9.89. The number of rotatable bonds is 4. The molecule has 1 N–H and O–H groups in total. The lowest BCUT2D eigenvalue weighted by molar-refractivity contribution is -0.122. The monoisotopic (exact) mass is 381 g/mol. The third-order valence-corrected chi connectivity index (χ3v) is 5.21. The molecule has 2 aromatic carbocycles. The van der Waals surface area contributed by atoms with Gasteiger partial charge in [0.05, 0.1) is 6.04 Å². The zero-order valence-corrected chi connectivity index (χ0v) is 16.7. The molecular weight excluding hydrogens is 354 g/mol. The molecule has 5 heteroatoms. The van der Waals surface area contributed by atoms with Gasteiger partial charge in [-0.2, -0.15) is 0 Å². The van der Waals surface area contributed by atoms with E-state index in [-0.39, 0.29) is 17.6 Å². The molecule has 2 aromatic rings. The standard InChI is InChI=1S/C23H27NO4/c1-15-4-7-17-18(14-23(2,3)28-20(17)12-15)24-22(25)9-6-16-5-8-19-21(13-16)27-11-10-26-19/h4-5,7-8,12-13,18H,6,9-11,14H2,1-3H3,(H,24,25)/t18-/m1/s1. The Hall–Kier alpha value is -2.69. The van der Waals surface area contributed by atoms with Crippen LogP contribution in [0.4, 0.5) is 0 Å². The van der Waals surface area contributed by atoms with Gasteiger partial charge in [0, 0.05) is 18.4 Å².